The van der Waals surface area contributed by atoms with Crippen molar-refractivity contribution in [2.75, 3.05) is 51.8 Å². The lowest BCUT2D eigenvalue weighted by Crippen LogP contribution is -2.41. The first kappa shape index (κ1) is 16.9. The molecule has 0 radical (unpaired) electrons. The molecule has 2 aliphatic heterocycles. The van der Waals surface area contributed by atoms with Crippen molar-refractivity contribution >= 4 is 17.5 Å². The molecule has 0 bridgehead atoms. The number of nitrogens with zero attached hydrogens (tertiary/aromatic N) is 2. The largest absolute Gasteiger partial charge is 0.378 e. The first-order valence-electron chi connectivity index (χ1n) is 8.60. The number of hydrogen-bond donors (Lipinski definition) is 1. The van der Waals surface area contributed by atoms with E-state index in [4.69, 9.17) is 4.74 Å². The van der Waals surface area contributed by atoms with Crippen LogP contribution < -0.4 is 5.32 Å². The molecule has 2 fully saturated rings. The topological polar surface area (TPSA) is 61.9 Å². The highest BCUT2D eigenvalue weighted by Gasteiger charge is 2.26. The second kappa shape index (κ2) is 7.77. The predicted octanol–water partition coefficient (Wildman–Crippen LogP) is 1.44. The molecule has 2 aliphatic rings. The number of nitrogens with one attached hydrogen (secondary N) is 1. The summed E-state index contributed by atoms with van der Waals surface area (Å²) in [4.78, 5) is 29.3. The highest BCUT2D eigenvalue weighted by molar-refractivity contribution is 6.04. The summed E-state index contributed by atoms with van der Waals surface area (Å²) in [5, 5.41) is 2.98. The van der Waals surface area contributed by atoms with Gasteiger partial charge < -0.3 is 19.9 Å². The molecule has 3 rings (SSSR count). The minimum absolute atomic E-state index is 0.0188. The Morgan fingerprint density at radius 2 is 1.75 bits per heavy atom. The Labute approximate surface area is 142 Å². The van der Waals surface area contributed by atoms with Crippen molar-refractivity contribution in [2.45, 2.75) is 12.8 Å². The van der Waals surface area contributed by atoms with Crippen LogP contribution in [0.15, 0.2) is 24.3 Å². The minimum atomic E-state index is -0.0439. The lowest BCUT2D eigenvalue weighted by atomic mass is 9.96. The van der Waals surface area contributed by atoms with Crippen LogP contribution in [-0.2, 0) is 9.53 Å². The van der Waals surface area contributed by atoms with E-state index in [0.717, 1.165) is 25.9 Å². The molecule has 0 aromatic heterocycles. The first-order chi connectivity index (χ1) is 11.6. The number of morpholine rings is 1. The summed E-state index contributed by atoms with van der Waals surface area (Å²) >= 11 is 0. The van der Waals surface area contributed by atoms with Crippen molar-refractivity contribution in [2.24, 2.45) is 5.92 Å². The van der Waals surface area contributed by atoms with Crippen LogP contribution in [0.25, 0.3) is 0 Å². The van der Waals surface area contributed by atoms with Crippen molar-refractivity contribution in [3.05, 3.63) is 29.8 Å². The van der Waals surface area contributed by atoms with Gasteiger partial charge in [-0.05, 0) is 45.1 Å². The van der Waals surface area contributed by atoms with E-state index in [9.17, 15) is 9.59 Å². The van der Waals surface area contributed by atoms with Gasteiger partial charge in [-0.1, -0.05) is 12.1 Å². The quantitative estimate of drug-likeness (QED) is 0.910. The van der Waals surface area contributed by atoms with Gasteiger partial charge in [0.15, 0.2) is 0 Å². The Morgan fingerprint density at radius 1 is 1.08 bits per heavy atom. The predicted molar refractivity (Wildman–Crippen MR) is 92.0 cm³/mol. The fourth-order valence-corrected chi connectivity index (χ4v) is 3.22. The van der Waals surface area contributed by atoms with Crippen LogP contribution in [0.2, 0.25) is 0 Å². The van der Waals surface area contributed by atoms with Crippen LogP contribution in [-0.4, -0.2) is 68.1 Å². The highest BCUT2D eigenvalue weighted by Crippen LogP contribution is 2.22. The molecule has 6 nitrogen and oxygen atoms in total. The van der Waals surface area contributed by atoms with Gasteiger partial charge in [-0.3, -0.25) is 9.59 Å². The van der Waals surface area contributed by atoms with E-state index in [0.29, 0.717) is 37.6 Å². The van der Waals surface area contributed by atoms with Gasteiger partial charge in [-0.2, -0.15) is 0 Å². The fourth-order valence-electron chi connectivity index (χ4n) is 3.22. The average molecular weight is 331 g/mol. The molecular formula is C18H25N3O3. The molecule has 0 saturated carbocycles. The highest BCUT2D eigenvalue weighted by atomic mass is 16.5. The Hall–Kier alpha value is -1.92. The van der Waals surface area contributed by atoms with Gasteiger partial charge in [-0.25, -0.2) is 0 Å². The maximum absolute atomic E-state index is 12.7. The third-order valence-corrected chi connectivity index (χ3v) is 4.80. The molecule has 1 aromatic rings. The van der Waals surface area contributed by atoms with Crippen molar-refractivity contribution < 1.29 is 14.3 Å². The second-order valence-electron chi connectivity index (χ2n) is 6.52. The molecule has 2 saturated heterocycles. The van der Waals surface area contributed by atoms with Crippen LogP contribution in [0.5, 0.6) is 0 Å². The summed E-state index contributed by atoms with van der Waals surface area (Å²) in [5.74, 6) is -0.00403. The summed E-state index contributed by atoms with van der Waals surface area (Å²) in [6.07, 6.45) is 1.73. The van der Waals surface area contributed by atoms with Crippen LogP contribution >= 0.6 is 0 Å². The van der Waals surface area contributed by atoms with E-state index < -0.39 is 0 Å². The molecule has 0 atom stereocenters. The van der Waals surface area contributed by atoms with Gasteiger partial charge in [-0.15, -0.1) is 0 Å². The van der Waals surface area contributed by atoms with Crippen molar-refractivity contribution in [3.63, 3.8) is 0 Å². The fraction of sp³-hybridized carbons (Fsp3) is 0.556. The van der Waals surface area contributed by atoms with E-state index in [2.05, 4.69) is 17.3 Å². The Bertz CT molecular complexity index is 591. The van der Waals surface area contributed by atoms with Gasteiger partial charge in [0.1, 0.15) is 0 Å². The van der Waals surface area contributed by atoms with Crippen LogP contribution in [0.3, 0.4) is 0 Å². The van der Waals surface area contributed by atoms with Gasteiger partial charge in [0, 0.05) is 19.0 Å². The van der Waals surface area contributed by atoms with Crippen molar-refractivity contribution in [3.8, 4) is 0 Å². The number of ether oxygens (including phenoxy) is 1. The first-order valence-corrected chi connectivity index (χ1v) is 8.60. The number of likely N-dealkylation sites (tertiary alicyclic amines) is 1. The molecule has 1 aromatic carbocycles. The maximum atomic E-state index is 12.7. The number of rotatable bonds is 3. The van der Waals surface area contributed by atoms with Gasteiger partial charge in [0.25, 0.3) is 5.91 Å². The van der Waals surface area contributed by atoms with Gasteiger partial charge in [0.05, 0.1) is 24.5 Å². The van der Waals surface area contributed by atoms with Crippen LogP contribution in [0.1, 0.15) is 23.2 Å². The van der Waals surface area contributed by atoms with Crippen molar-refractivity contribution in [1.82, 2.24) is 9.80 Å². The summed E-state index contributed by atoms with van der Waals surface area (Å²) in [7, 11) is 2.07. The molecule has 0 unspecified atom stereocenters. The van der Waals surface area contributed by atoms with E-state index in [1.54, 1.807) is 17.0 Å². The normalized spacial score (nSPS) is 20.0. The third-order valence-electron chi connectivity index (χ3n) is 4.80. The smallest absolute Gasteiger partial charge is 0.256 e. The Morgan fingerprint density at radius 3 is 2.46 bits per heavy atom. The van der Waals surface area contributed by atoms with E-state index >= 15 is 0 Å². The molecule has 1 N–H and O–H groups in total. The van der Waals surface area contributed by atoms with E-state index in [1.165, 1.54) is 0 Å². The second-order valence-corrected chi connectivity index (χ2v) is 6.52. The van der Waals surface area contributed by atoms with Crippen LogP contribution in [0.4, 0.5) is 5.69 Å². The monoisotopic (exact) mass is 331 g/mol. The third kappa shape index (κ3) is 3.94. The summed E-state index contributed by atoms with van der Waals surface area (Å²) in [5.41, 5.74) is 1.17. The van der Waals surface area contributed by atoms with Crippen molar-refractivity contribution in [1.29, 1.82) is 0 Å². The summed E-state index contributed by atoms with van der Waals surface area (Å²) < 4.78 is 5.30. The number of benzene rings is 1. The van der Waals surface area contributed by atoms with E-state index in [-0.39, 0.29) is 17.7 Å². The van der Waals surface area contributed by atoms with Crippen LogP contribution in [0, 0.1) is 5.92 Å². The lowest BCUT2D eigenvalue weighted by molar-refractivity contribution is -0.121. The molecule has 6 heteroatoms. The lowest BCUT2D eigenvalue weighted by Gasteiger charge is -2.29. The summed E-state index contributed by atoms with van der Waals surface area (Å²) in [6.45, 7) is 4.19. The Balaban J connectivity index is 1.69. The number of amides is 2. The molecular weight excluding hydrogens is 306 g/mol. The zero-order valence-corrected chi connectivity index (χ0v) is 14.2. The maximum Gasteiger partial charge on any atom is 0.256 e. The number of para-hydroxylation sites is 1. The molecule has 24 heavy (non-hydrogen) atoms. The molecule has 0 aliphatic carbocycles. The minimum Gasteiger partial charge on any atom is -0.378 e. The average Bonchev–Trinajstić information content (AvgIpc) is 2.63. The Kier molecular flexibility index (Phi) is 5.48. The molecule has 2 amide bonds. The van der Waals surface area contributed by atoms with E-state index in [1.807, 2.05) is 12.1 Å². The molecule has 130 valence electrons. The molecule has 2 heterocycles. The van der Waals surface area contributed by atoms with Gasteiger partial charge >= 0.3 is 0 Å². The zero-order valence-electron chi connectivity index (χ0n) is 14.2. The standard InChI is InChI=1S/C18H25N3O3/c1-20-8-6-14(7-9-20)17(22)19-16-5-3-2-4-15(16)18(23)21-10-12-24-13-11-21/h2-5,14H,6-13H2,1H3,(H,19,22). The number of hydrogen-bond acceptors (Lipinski definition) is 4. The number of carbonyl (C=O) groups excluding carboxylic acids is 2. The molecule has 0 spiro atoms. The number of anilines is 1. The van der Waals surface area contributed by atoms with Gasteiger partial charge in [0.2, 0.25) is 5.91 Å². The SMILES string of the molecule is CN1CCC(C(=O)Nc2ccccc2C(=O)N2CCOCC2)CC1. The summed E-state index contributed by atoms with van der Waals surface area (Å²) in [6, 6.07) is 7.27. The number of carbonyl (C=O) groups is 2. The number of piperidine rings is 1. The zero-order chi connectivity index (χ0) is 16.9.